The molecule has 35 heavy (non-hydrogen) atoms. The van der Waals surface area contributed by atoms with Crippen molar-refractivity contribution in [1.29, 1.82) is 0 Å². The largest absolute Gasteiger partial charge is 0.424 e. The van der Waals surface area contributed by atoms with Crippen molar-refractivity contribution in [1.82, 2.24) is 15.0 Å². The Bertz CT molecular complexity index is 1190. The lowest BCUT2D eigenvalue weighted by Crippen LogP contribution is -2.40. The van der Waals surface area contributed by atoms with E-state index in [1.807, 2.05) is 42.5 Å². The van der Waals surface area contributed by atoms with Crippen LogP contribution in [-0.4, -0.2) is 52.6 Å². The summed E-state index contributed by atoms with van der Waals surface area (Å²) in [6, 6.07) is 17.1. The number of carbonyl (C=O) groups is 2. The summed E-state index contributed by atoms with van der Waals surface area (Å²) in [6.07, 6.45) is 7.15. The molecular weight excluding hydrogens is 444 g/mol. The fourth-order valence-electron chi connectivity index (χ4n) is 4.20. The monoisotopic (exact) mass is 470 g/mol. The molecular formula is C26H26N6O3. The molecule has 178 valence electrons. The van der Waals surface area contributed by atoms with E-state index in [9.17, 15) is 9.59 Å². The van der Waals surface area contributed by atoms with Crippen molar-refractivity contribution in [3.05, 3.63) is 72.6 Å². The fraction of sp³-hybridized carbons (Fsp3) is 0.269. The van der Waals surface area contributed by atoms with Crippen LogP contribution >= 0.6 is 0 Å². The van der Waals surface area contributed by atoms with Crippen LogP contribution in [0.2, 0.25) is 0 Å². The fourth-order valence-corrected chi connectivity index (χ4v) is 4.20. The molecule has 1 aromatic heterocycles. The maximum absolute atomic E-state index is 12.6. The number of rotatable bonds is 6. The zero-order valence-electron chi connectivity index (χ0n) is 19.2. The van der Waals surface area contributed by atoms with Gasteiger partial charge in [-0.3, -0.25) is 9.59 Å². The van der Waals surface area contributed by atoms with Crippen LogP contribution in [0.5, 0.6) is 11.8 Å². The number of benzene rings is 2. The van der Waals surface area contributed by atoms with Crippen molar-refractivity contribution in [2.75, 3.05) is 29.9 Å². The summed E-state index contributed by atoms with van der Waals surface area (Å²) in [5.74, 6) is 0.501. The van der Waals surface area contributed by atoms with Crippen LogP contribution in [0, 0.1) is 5.92 Å². The van der Waals surface area contributed by atoms with E-state index < -0.39 is 0 Å². The van der Waals surface area contributed by atoms with Crippen molar-refractivity contribution in [3.8, 4) is 11.8 Å². The maximum atomic E-state index is 12.6. The number of nitrogens with zero attached hydrogens (tertiary/aromatic N) is 5. The van der Waals surface area contributed by atoms with Crippen molar-refractivity contribution in [2.45, 2.75) is 19.3 Å². The number of hydrogen-bond acceptors (Lipinski definition) is 7. The summed E-state index contributed by atoms with van der Waals surface area (Å²) in [7, 11) is 0. The van der Waals surface area contributed by atoms with Gasteiger partial charge in [0.25, 0.3) is 5.91 Å². The van der Waals surface area contributed by atoms with Crippen molar-refractivity contribution >= 4 is 29.4 Å². The molecule has 0 atom stereocenters. The van der Waals surface area contributed by atoms with Gasteiger partial charge in [0.2, 0.25) is 5.91 Å². The van der Waals surface area contributed by atoms with Crippen LogP contribution in [0.4, 0.5) is 11.4 Å². The number of para-hydroxylation sites is 1. The second-order valence-electron chi connectivity index (χ2n) is 8.48. The number of aromatic nitrogens is 2. The number of anilines is 2. The summed E-state index contributed by atoms with van der Waals surface area (Å²) < 4.78 is 5.56. The molecule has 0 bridgehead atoms. The van der Waals surface area contributed by atoms with Gasteiger partial charge in [-0.15, -0.1) is 0 Å². The van der Waals surface area contributed by atoms with Gasteiger partial charge in [-0.05, 0) is 49.2 Å². The Balaban J connectivity index is 1.13. The average Bonchev–Trinajstić information content (AvgIpc) is 3.45. The van der Waals surface area contributed by atoms with Crippen LogP contribution in [0.25, 0.3) is 0 Å². The summed E-state index contributed by atoms with van der Waals surface area (Å²) in [6.45, 7) is 2.33. The van der Waals surface area contributed by atoms with Gasteiger partial charge in [0.15, 0.2) is 0 Å². The third-order valence-corrected chi connectivity index (χ3v) is 6.12. The van der Waals surface area contributed by atoms with E-state index in [4.69, 9.17) is 4.74 Å². The van der Waals surface area contributed by atoms with Gasteiger partial charge >= 0.3 is 6.01 Å². The molecule has 3 aromatic rings. The molecule has 1 N–H and O–H groups in total. The molecule has 0 aliphatic carbocycles. The number of ether oxygens (including phenoxy) is 1. The number of carbonyl (C=O) groups excluding carboxylic acids is 2. The average molecular weight is 471 g/mol. The molecule has 3 heterocycles. The van der Waals surface area contributed by atoms with Crippen LogP contribution in [0.3, 0.4) is 0 Å². The summed E-state index contributed by atoms with van der Waals surface area (Å²) >= 11 is 0. The molecule has 0 radical (unpaired) electrons. The van der Waals surface area contributed by atoms with Gasteiger partial charge in [0.05, 0.1) is 5.56 Å². The molecule has 2 amide bonds. The van der Waals surface area contributed by atoms with E-state index in [1.165, 1.54) is 12.4 Å². The molecule has 1 fully saturated rings. The van der Waals surface area contributed by atoms with Crippen molar-refractivity contribution < 1.29 is 14.3 Å². The minimum atomic E-state index is -0.298. The quantitative estimate of drug-likeness (QED) is 0.586. The summed E-state index contributed by atoms with van der Waals surface area (Å²) in [4.78, 5) is 35.6. The zero-order valence-corrected chi connectivity index (χ0v) is 19.2. The zero-order chi connectivity index (χ0) is 24.0. The maximum Gasteiger partial charge on any atom is 0.321 e. The van der Waals surface area contributed by atoms with Crippen molar-refractivity contribution in [3.63, 3.8) is 0 Å². The Morgan fingerprint density at radius 1 is 0.914 bits per heavy atom. The highest BCUT2D eigenvalue weighted by Gasteiger charge is 2.29. The highest BCUT2D eigenvalue weighted by Crippen LogP contribution is 2.26. The van der Waals surface area contributed by atoms with E-state index in [2.05, 4.69) is 25.3 Å². The molecule has 0 unspecified atom stereocenters. The van der Waals surface area contributed by atoms with Gasteiger partial charge in [-0.25, -0.2) is 15.0 Å². The van der Waals surface area contributed by atoms with E-state index in [1.54, 1.807) is 23.4 Å². The Morgan fingerprint density at radius 2 is 1.63 bits per heavy atom. The first-order valence-corrected chi connectivity index (χ1v) is 11.7. The smallest absolute Gasteiger partial charge is 0.321 e. The summed E-state index contributed by atoms with van der Waals surface area (Å²) in [5.41, 5.74) is 2.09. The Kier molecular flexibility index (Phi) is 6.65. The van der Waals surface area contributed by atoms with Crippen molar-refractivity contribution in [2.24, 2.45) is 11.0 Å². The van der Waals surface area contributed by atoms with Crippen LogP contribution in [0.1, 0.15) is 29.6 Å². The standard InChI is InChI=1S/C26H26N6O3/c33-24(20-17-27-26(28-18-20)35-23-5-2-1-3-6-23)30-21-7-9-22(10-8-21)31-15-11-19(12-16-31)25(34)32-14-4-13-29-32/h1-3,5-10,13,17-19H,4,11-12,14-16H2,(H,30,33). The minimum Gasteiger partial charge on any atom is -0.424 e. The predicted molar refractivity (Wildman–Crippen MR) is 133 cm³/mol. The van der Waals surface area contributed by atoms with Gasteiger partial charge in [-0.1, -0.05) is 18.2 Å². The molecule has 2 aliphatic heterocycles. The molecule has 2 aliphatic rings. The van der Waals surface area contributed by atoms with Crippen LogP contribution in [-0.2, 0) is 4.79 Å². The topological polar surface area (TPSA) is 100 Å². The number of nitrogens with one attached hydrogen (secondary N) is 1. The van der Waals surface area contributed by atoms with E-state index in [0.29, 0.717) is 23.5 Å². The molecule has 0 spiro atoms. The molecule has 0 saturated carbocycles. The second-order valence-corrected chi connectivity index (χ2v) is 8.48. The number of piperidine rings is 1. The third-order valence-electron chi connectivity index (χ3n) is 6.12. The molecule has 9 heteroatoms. The molecule has 9 nitrogen and oxygen atoms in total. The lowest BCUT2D eigenvalue weighted by atomic mass is 9.95. The number of amides is 2. The Labute approximate surface area is 203 Å². The molecule has 5 rings (SSSR count). The second kappa shape index (κ2) is 10.3. The first-order valence-electron chi connectivity index (χ1n) is 11.7. The highest BCUT2D eigenvalue weighted by molar-refractivity contribution is 6.03. The number of hydrogen-bond donors (Lipinski definition) is 1. The predicted octanol–water partition coefficient (Wildman–Crippen LogP) is 3.96. The lowest BCUT2D eigenvalue weighted by molar-refractivity contribution is -0.135. The SMILES string of the molecule is O=C(Nc1ccc(N2CCC(C(=O)N3CCC=N3)CC2)cc1)c1cnc(Oc2ccccc2)nc1. The summed E-state index contributed by atoms with van der Waals surface area (Å²) in [5, 5.41) is 8.63. The third kappa shape index (κ3) is 5.46. The van der Waals surface area contributed by atoms with Gasteiger partial charge in [0, 0.05) is 62.0 Å². The molecule has 1 saturated heterocycles. The normalized spacial score (nSPS) is 15.8. The van der Waals surface area contributed by atoms with Gasteiger partial charge < -0.3 is 15.0 Å². The first kappa shape index (κ1) is 22.5. The van der Waals surface area contributed by atoms with E-state index >= 15 is 0 Å². The van der Waals surface area contributed by atoms with Gasteiger partial charge in [0.1, 0.15) is 5.75 Å². The van der Waals surface area contributed by atoms with E-state index in [-0.39, 0.29) is 23.7 Å². The van der Waals surface area contributed by atoms with Crippen LogP contribution in [0.15, 0.2) is 72.1 Å². The van der Waals surface area contributed by atoms with Gasteiger partial charge in [-0.2, -0.15) is 5.10 Å². The Hall–Kier alpha value is -4.27. The Morgan fingerprint density at radius 3 is 2.29 bits per heavy atom. The van der Waals surface area contributed by atoms with Crippen LogP contribution < -0.4 is 15.0 Å². The first-order chi connectivity index (χ1) is 17.2. The number of hydrazone groups is 1. The minimum absolute atomic E-state index is 0.0340. The highest BCUT2D eigenvalue weighted by atomic mass is 16.5. The molecule has 2 aromatic carbocycles. The van der Waals surface area contributed by atoms with E-state index in [0.717, 1.165) is 38.0 Å². The lowest BCUT2D eigenvalue weighted by Gasteiger charge is -2.34.